The SMILES string of the molecule is CCC(=O)NCCCCCCNC(=O)OC1CC[C@]2(CO2)C(C2(C)O[C@@H]2CC=C(C)C)C1OC. The van der Waals surface area contributed by atoms with Crippen molar-refractivity contribution in [3.8, 4) is 0 Å². The number of hydrogen-bond acceptors (Lipinski definition) is 6. The largest absolute Gasteiger partial charge is 0.443 e. The zero-order valence-corrected chi connectivity index (χ0v) is 21.6. The Kier molecular flexibility index (Phi) is 9.41. The van der Waals surface area contributed by atoms with Gasteiger partial charge in [0.1, 0.15) is 23.4 Å². The van der Waals surface area contributed by atoms with Crippen LogP contribution in [0.2, 0.25) is 0 Å². The van der Waals surface area contributed by atoms with E-state index in [2.05, 4.69) is 37.5 Å². The smallest absolute Gasteiger partial charge is 0.407 e. The molecule has 2 saturated heterocycles. The molecule has 0 aromatic carbocycles. The van der Waals surface area contributed by atoms with E-state index in [1.807, 2.05) is 6.92 Å². The van der Waals surface area contributed by atoms with E-state index in [0.29, 0.717) is 26.1 Å². The highest BCUT2D eigenvalue weighted by Crippen LogP contribution is 2.59. The number of unbranched alkanes of at least 4 members (excludes halogenated alkanes) is 3. The Labute approximate surface area is 204 Å². The fourth-order valence-electron chi connectivity index (χ4n) is 5.40. The number of nitrogens with one attached hydrogen (secondary N) is 2. The standard InChI is InChI=1S/C26H44N2O6/c1-6-21(29)27-15-9-7-8-10-16-28-24(30)33-19-13-14-26(17-32-26)23(22(19)31-5)25(4)20(34-25)12-11-18(2)3/h11,19-20,22-23H,6-10,12-17H2,1-5H3,(H,27,29)(H,28,30)/t19?,20-,22?,23?,25?,26+/m1/s1. The van der Waals surface area contributed by atoms with Crippen molar-refractivity contribution in [1.29, 1.82) is 0 Å². The molecule has 1 saturated carbocycles. The van der Waals surface area contributed by atoms with Gasteiger partial charge in [0.05, 0.1) is 18.6 Å². The minimum absolute atomic E-state index is 0.0281. The Bertz CT molecular complexity index is 733. The highest BCUT2D eigenvalue weighted by atomic mass is 16.6. The van der Waals surface area contributed by atoms with E-state index in [0.717, 1.165) is 44.9 Å². The van der Waals surface area contributed by atoms with Gasteiger partial charge in [-0.1, -0.05) is 31.4 Å². The van der Waals surface area contributed by atoms with Crippen LogP contribution in [0.1, 0.15) is 79.1 Å². The second kappa shape index (κ2) is 11.9. The summed E-state index contributed by atoms with van der Waals surface area (Å²) in [4.78, 5) is 23.7. The first-order valence-electron chi connectivity index (χ1n) is 12.9. The van der Waals surface area contributed by atoms with Gasteiger partial charge in [-0.25, -0.2) is 4.79 Å². The molecule has 8 nitrogen and oxygen atoms in total. The number of amides is 2. The monoisotopic (exact) mass is 480 g/mol. The summed E-state index contributed by atoms with van der Waals surface area (Å²) in [6, 6.07) is 0. The predicted octanol–water partition coefficient (Wildman–Crippen LogP) is 3.88. The summed E-state index contributed by atoms with van der Waals surface area (Å²) in [6.07, 6.45) is 8.18. The topological polar surface area (TPSA) is 102 Å². The quantitative estimate of drug-likeness (QED) is 0.236. The predicted molar refractivity (Wildman–Crippen MR) is 130 cm³/mol. The van der Waals surface area contributed by atoms with Crippen LogP contribution in [0.4, 0.5) is 4.79 Å². The number of epoxide rings is 2. The van der Waals surface area contributed by atoms with Crippen LogP contribution in [0.25, 0.3) is 0 Å². The second-order valence-electron chi connectivity index (χ2n) is 10.4. The summed E-state index contributed by atoms with van der Waals surface area (Å²) in [5.41, 5.74) is 0.726. The maximum Gasteiger partial charge on any atom is 0.407 e. The van der Waals surface area contributed by atoms with Gasteiger partial charge in [0.25, 0.3) is 0 Å². The minimum atomic E-state index is -0.392. The van der Waals surface area contributed by atoms with E-state index in [-0.39, 0.29) is 41.3 Å². The summed E-state index contributed by atoms with van der Waals surface area (Å²) >= 11 is 0. The molecule has 3 aliphatic rings. The number of ether oxygens (including phenoxy) is 4. The van der Waals surface area contributed by atoms with Crippen molar-refractivity contribution in [2.24, 2.45) is 5.92 Å². The van der Waals surface area contributed by atoms with Gasteiger partial charge in [-0.2, -0.15) is 0 Å². The van der Waals surface area contributed by atoms with E-state index in [1.54, 1.807) is 7.11 Å². The van der Waals surface area contributed by atoms with E-state index in [4.69, 9.17) is 18.9 Å². The number of carbonyl (C=O) groups excluding carboxylic acids is 2. The van der Waals surface area contributed by atoms with Crippen LogP contribution in [0, 0.1) is 5.92 Å². The maximum atomic E-state index is 12.5. The van der Waals surface area contributed by atoms with Gasteiger partial charge < -0.3 is 29.6 Å². The molecule has 2 amide bonds. The summed E-state index contributed by atoms with van der Waals surface area (Å²) in [5, 5.41) is 5.76. The Morgan fingerprint density at radius 2 is 1.79 bits per heavy atom. The second-order valence-corrected chi connectivity index (χ2v) is 10.4. The first kappa shape index (κ1) is 27.0. The average molecular weight is 481 g/mol. The Morgan fingerprint density at radius 3 is 2.38 bits per heavy atom. The van der Waals surface area contributed by atoms with Gasteiger partial charge >= 0.3 is 6.09 Å². The molecule has 0 radical (unpaired) electrons. The van der Waals surface area contributed by atoms with Gasteiger partial charge in [-0.15, -0.1) is 0 Å². The number of methoxy groups -OCH3 is 1. The Hall–Kier alpha value is -1.64. The van der Waals surface area contributed by atoms with E-state index < -0.39 is 6.09 Å². The maximum absolute atomic E-state index is 12.5. The molecule has 0 aromatic rings. The zero-order chi connectivity index (χ0) is 24.8. The number of hydrogen-bond donors (Lipinski definition) is 2. The van der Waals surface area contributed by atoms with Gasteiger partial charge in [0.15, 0.2) is 0 Å². The fraction of sp³-hybridized carbons (Fsp3) is 0.846. The molecule has 0 bridgehead atoms. The van der Waals surface area contributed by atoms with Crippen LogP contribution in [0.15, 0.2) is 11.6 Å². The fourth-order valence-corrected chi connectivity index (χ4v) is 5.40. The van der Waals surface area contributed by atoms with Crippen molar-refractivity contribution in [3.05, 3.63) is 11.6 Å². The summed E-state index contributed by atoms with van der Waals surface area (Å²) < 4.78 is 23.9. The van der Waals surface area contributed by atoms with Crippen molar-refractivity contribution in [2.75, 3.05) is 26.8 Å². The molecule has 3 fully saturated rings. The molecular formula is C26H44N2O6. The van der Waals surface area contributed by atoms with Crippen LogP contribution < -0.4 is 10.6 Å². The molecule has 1 spiro atoms. The lowest BCUT2D eigenvalue weighted by molar-refractivity contribution is -0.120. The van der Waals surface area contributed by atoms with Crippen LogP contribution in [0.5, 0.6) is 0 Å². The molecule has 3 rings (SSSR count). The molecule has 2 N–H and O–H groups in total. The zero-order valence-electron chi connectivity index (χ0n) is 21.6. The lowest BCUT2D eigenvalue weighted by atomic mass is 9.68. The number of rotatable bonds is 13. The lowest BCUT2D eigenvalue weighted by Crippen LogP contribution is -2.56. The Balaban J connectivity index is 1.43. The van der Waals surface area contributed by atoms with Crippen molar-refractivity contribution in [2.45, 2.75) is 109 Å². The van der Waals surface area contributed by atoms with E-state index in [9.17, 15) is 9.59 Å². The molecular weight excluding hydrogens is 436 g/mol. The highest BCUT2D eigenvalue weighted by Gasteiger charge is 2.72. The minimum Gasteiger partial charge on any atom is -0.443 e. The molecule has 34 heavy (non-hydrogen) atoms. The summed E-state index contributed by atoms with van der Waals surface area (Å²) in [7, 11) is 1.69. The van der Waals surface area contributed by atoms with Crippen molar-refractivity contribution in [1.82, 2.24) is 10.6 Å². The molecule has 2 aliphatic heterocycles. The Morgan fingerprint density at radius 1 is 1.12 bits per heavy atom. The molecule has 1 aliphatic carbocycles. The van der Waals surface area contributed by atoms with Gasteiger partial charge in [0, 0.05) is 26.6 Å². The van der Waals surface area contributed by atoms with Crippen LogP contribution >= 0.6 is 0 Å². The summed E-state index contributed by atoms with van der Waals surface area (Å²) in [6.45, 7) is 10.2. The van der Waals surface area contributed by atoms with E-state index >= 15 is 0 Å². The van der Waals surface area contributed by atoms with E-state index in [1.165, 1.54) is 5.57 Å². The third-order valence-electron chi connectivity index (χ3n) is 7.51. The summed E-state index contributed by atoms with van der Waals surface area (Å²) in [5.74, 6) is 0.119. The third kappa shape index (κ3) is 6.73. The first-order chi connectivity index (χ1) is 16.3. The first-order valence-corrected chi connectivity index (χ1v) is 12.9. The molecule has 2 heterocycles. The van der Waals surface area contributed by atoms with Gasteiger partial charge in [0.2, 0.25) is 5.91 Å². The molecule has 4 unspecified atom stereocenters. The number of allylic oxidation sites excluding steroid dienone is 1. The number of alkyl carbamates (subject to hydrolysis) is 1. The van der Waals surface area contributed by atoms with Gasteiger partial charge in [-0.3, -0.25) is 4.79 Å². The third-order valence-corrected chi connectivity index (χ3v) is 7.51. The normalized spacial score (nSPS) is 33.8. The highest BCUT2D eigenvalue weighted by molar-refractivity contribution is 5.75. The number of carbonyl (C=O) groups is 2. The van der Waals surface area contributed by atoms with Crippen molar-refractivity contribution >= 4 is 12.0 Å². The lowest BCUT2D eigenvalue weighted by Gasteiger charge is -2.42. The van der Waals surface area contributed by atoms with Crippen molar-refractivity contribution < 1.29 is 28.5 Å². The van der Waals surface area contributed by atoms with Crippen molar-refractivity contribution in [3.63, 3.8) is 0 Å². The van der Waals surface area contributed by atoms with Crippen LogP contribution in [0.3, 0.4) is 0 Å². The van der Waals surface area contributed by atoms with Gasteiger partial charge in [-0.05, 0) is 52.9 Å². The average Bonchev–Trinajstić information content (AvgIpc) is 3.72. The molecule has 0 aromatic heterocycles. The molecule has 6 atom stereocenters. The molecule has 194 valence electrons. The van der Waals surface area contributed by atoms with Crippen LogP contribution in [-0.2, 0) is 23.7 Å². The molecule has 8 heteroatoms. The van der Waals surface area contributed by atoms with Crippen LogP contribution in [-0.4, -0.2) is 68.3 Å².